The van der Waals surface area contributed by atoms with Gasteiger partial charge in [0.05, 0.1) is 25.7 Å². The highest BCUT2D eigenvalue weighted by molar-refractivity contribution is 7.48. The van der Waals surface area contributed by atoms with Gasteiger partial charge in [0.25, 0.3) is 0 Å². The van der Waals surface area contributed by atoms with Gasteiger partial charge in [0.2, 0.25) is 12.7 Å². The molecule has 0 saturated carbocycles. The number of rotatable bonds is 10. The molecule has 1 rings (SSSR count). The molecule has 2 amide bonds. The van der Waals surface area contributed by atoms with Gasteiger partial charge in [0, 0.05) is 21.7 Å². The predicted octanol–water partition coefficient (Wildman–Crippen LogP) is 1.75. The van der Waals surface area contributed by atoms with Crippen molar-refractivity contribution in [1.29, 1.82) is 0 Å². The van der Waals surface area contributed by atoms with Crippen LogP contribution in [0.15, 0.2) is 0 Å². The zero-order valence-electron chi connectivity index (χ0n) is 19.1. The van der Waals surface area contributed by atoms with Crippen LogP contribution in [0.25, 0.3) is 0 Å². The first-order chi connectivity index (χ1) is 14.7. The molecule has 0 aliphatic carbocycles. The number of esters is 2. The maximum Gasteiger partial charge on any atom is 0.478 e. The fourth-order valence-electron chi connectivity index (χ4n) is 2.35. The minimum Gasteiger partial charge on any atom is -0.469 e. The SMILES string of the molecule is COC(=O)CCNC(=O)[C@@H]1OP(=O)(OCOC(=O)NC(C)(C)COC(C)=O)OCC1(C)C.[HH].[HH]. The van der Waals surface area contributed by atoms with Gasteiger partial charge in [-0.15, -0.1) is 0 Å². The summed E-state index contributed by atoms with van der Waals surface area (Å²) in [6, 6.07) is 0. The highest BCUT2D eigenvalue weighted by Crippen LogP contribution is 2.57. The van der Waals surface area contributed by atoms with Gasteiger partial charge in [-0.1, -0.05) is 13.8 Å². The van der Waals surface area contributed by atoms with Crippen LogP contribution in [-0.2, 0) is 46.7 Å². The molecule has 1 aliphatic heterocycles. The quantitative estimate of drug-likeness (QED) is 0.200. The largest absolute Gasteiger partial charge is 0.478 e. The Kier molecular flexibility index (Phi) is 10.1. The fourth-order valence-corrected chi connectivity index (χ4v) is 3.86. The summed E-state index contributed by atoms with van der Waals surface area (Å²) >= 11 is 0. The Balaban J connectivity index is 0. The van der Waals surface area contributed by atoms with Crippen LogP contribution >= 0.6 is 7.82 Å². The van der Waals surface area contributed by atoms with E-state index in [0.29, 0.717) is 0 Å². The normalized spacial score (nSPS) is 22.4. The summed E-state index contributed by atoms with van der Waals surface area (Å²) in [6.45, 7) is 6.73. The van der Waals surface area contributed by atoms with Crippen molar-refractivity contribution < 1.29 is 54.4 Å². The van der Waals surface area contributed by atoms with Crippen molar-refractivity contribution in [3.05, 3.63) is 0 Å². The Bertz CT molecular complexity index is 764. The van der Waals surface area contributed by atoms with Gasteiger partial charge in [-0.3, -0.25) is 23.4 Å². The summed E-state index contributed by atoms with van der Waals surface area (Å²) in [5.74, 6) is -1.62. The van der Waals surface area contributed by atoms with E-state index in [2.05, 4.69) is 15.4 Å². The van der Waals surface area contributed by atoms with Crippen LogP contribution in [0.3, 0.4) is 0 Å². The maximum absolute atomic E-state index is 12.7. The molecule has 0 radical (unpaired) electrons. The van der Waals surface area contributed by atoms with Crippen LogP contribution in [0.5, 0.6) is 0 Å². The molecule has 1 aliphatic rings. The lowest BCUT2D eigenvalue weighted by atomic mass is 9.87. The van der Waals surface area contributed by atoms with E-state index in [1.165, 1.54) is 14.0 Å². The number of hydrogen-bond acceptors (Lipinski definition) is 11. The van der Waals surface area contributed by atoms with E-state index >= 15 is 0 Å². The first kappa shape index (κ1) is 27.8. The van der Waals surface area contributed by atoms with E-state index in [0.717, 1.165) is 0 Å². The Labute approximate surface area is 189 Å². The second-order valence-electron chi connectivity index (χ2n) is 8.28. The summed E-state index contributed by atoms with van der Waals surface area (Å²) in [5, 5.41) is 4.95. The highest BCUT2D eigenvalue weighted by atomic mass is 31.2. The van der Waals surface area contributed by atoms with Gasteiger partial charge in [0.15, 0.2) is 6.10 Å². The number of alkyl carbamates (subject to hydrolysis) is 1. The van der Waals surface area contributed by atoms with Crippen LogP contribution in [0.4, 0.5) is 4.79 Å². The predicted molar refractivity (Wildman–Crippen MR) is 112 cm³/mol. The van der Waals surface area contributed by atoms with Gasteiger partial charge in [0.1, 0.15) is 6.61 Å². The Hall–Kier alpha value is -2.21. The van der Waals surface area contributed by atoms with Gasteiger partial charge in [-0.2, -0.15) is 0 Å². The molecule has 2 atom stereocenters. The number of carbonyl (C=O) groups excluding carboxylic acids is 4. The van der Waals surface area contributed by atoms with Crippen molar-refractivity contribution in [1.82, 2.24) is 10.6 Å². The number of nitrogens with one attached hydrogen (secondary N) is 2. The van der Waals surface area contributed by atoms with Crippen LogP contribution in [-0.4, -0.2) is 69.2 Å². The number of carbonyl (C=O) groups is 4. The third kappa shape index (κ3) is 9.51. The molecule has 0 aromatic rings. The van der Waals surface area contributed by atoms with E-state index in [4.69, 9.17) is 23.0 Å². The lowest BCUT2D eigenvalue weighted by Gasteiger charge is -2.39. The standard InChI is InChI=1S/C18H31N2O11P.2H2/c1-12(21)27-10-18(4,5)20-16(24)28-11-30-32(25)29-9-17(2,3)14(31-32)15(23)19-8-7-13(22)26-6;;/h14H,7-11H2,1-6H3,(H,19,23)(H,20,24);2*1H/t14-,32?;;/m0../s1. The summed E-state index contributed by atoms with van der Waals surface area (Å²) in [7, 11) is -2.99. The molecule has 1 saturated heterocycles. The number of phosphoric ester groups is 1. The molecule has 0 spiro atoms. The van der Waals surface area contributed by atoms with Crippen LogP contribution < -0.4 is 10.6 Å². The fraction of sp³-hybridized carbons (Fsp3) is 0.778. The topological polar surface area (TPSA) is 165 Å². The van der Waals surface area contributed by atoms with Crippen molar-refractivity contribution in [3.8, 4) is 0 Å². The van der Waals surface area contributed by atoms with E-state index in [-0.39, 0.29) is 29.0 Å². The average Bonchev–Trinajstić information content (AvgIpc) is 2.68. The van der Waals surface area contributed by atoms with Gasteiger partial charge >= 0.3 is 25.9 Å². The molecule has 0 aromatic heterocycles. The summed E-state index contributed by atoms with van der Waals surface area (Å²) in [6.07, 6.45) is -2.18. The lowest BCUT2D eigenvalue weighted by molar-refractivity contribution is -0.144. The molecular formula is C18H35N2O11P. The summed E-state index contributed by atoms with van der Waals surface area (Å²) < 4.78 is 42.3. The molecule has 1 fully saturated rings. The minimum atomic E-state index is -4.22. The molecule has 14 heteroatoms. The van der Waals surface area contributed by atoms with Crippen LogP contribution in [0.2, 0.25) is 0 Å². The number of hydrogen-bond donors (Lipinski definition) is 2. The number of ether oxygens (including phenoxy) is 3. The van der Waals surface area contributed by atoms with Crippen molar-refractivity contribution in [3.63, 3.8) is 0 Å². The zero-order valence-corrected chi connectivity index (χ0v) is 19.9. The van der Waals surface area contributed by atoms with Gasteiger partial charge in [-0.25, -0.2) is 13.9 Å². The molecule has 2 N–H and O–H groups in total. The summed E-state index contributed by atoms with van der Waals surface area (Å²) in [4.78, 5) is 46.4. The third-order valence-electron chi connectivity index (χ3n) is 4.11. The smallest absolute Gasteiger partial charge is 0.469 e. The molecule has 188 valence electrons. The van der Waals surface area contributed by atoms with Crippen LogP contribution in [0, 0.1) is 5.41 Å². The van der Waals surface area contributed by atoms with Gasteiger partial charge in [-0.05, 0) is 13.8 Å². The van der Waals surface area contributed by atoms with Crippen molar-refractivity contribution in [2.24, 2.45) is 5.41 Å². The van der Waals surface area contributed by atoms with Crippen molar-refractivity contribution >= 4 is 31.8 Å². The molecule has 1 heterocycles. The van der Waals surface area contributed by atoms with Crippen molar-refractivity contribution in [2.45, 2.75) is 52.7 Å². The van der Waals surface area contributed by atoms with E-state index in [1.54, 1.807) is 27.7 Å². The number of amides is 2. The molecule has 0 aromatic carbocycles. The monoisotopic (exact) mass is 486 g/mol. The number of methoxy groups -OCH3 is 1. The summed E-state index contributed by atoms with van der Waals surface area (Å²) in [5.41, 5.74) is -1.78. The first-order valence-corrected chi connectivity index (χ1v) is 11.2. The Morgan fingerprint density at radius 3 is 2.47 bits per heavy atom. The second kappa shape index (κ2) is 11.6. The second-order valence-corrected chi connectivity index (χ2v) is 9.90. The zero-order chi connectivity index (χ0) is 24.6. The van der Waals surface area contributed by atoms with E-state index in [1.807, 2.05) is 0 Å². The molecule has 13 nitrogen and oxygen atoms in total. The average molecular weight is 486 g/mol. The molecule has 1 unspecified atom stereocenters. The molecular weight excluding hydrogens is 451 g/mol. The van der Waals surface area contributed by atoms with E-state index in [9.17, 15) is 23.7 Å². The minimum absolute atomic E-state index is 0. The molecule has 32 heavy (non-hydrogen) atoms. The third-order valence-corrected chi connectivity index (χ3v) is 5.45. The highest BCUT2D eigenvalue weighted by Gasteiger charge is 2.49. The Morgan fingerprint density at radius 1 is 1.22 bits per heavy atom. The Morgan fingerprint density at radius 2 is 1.88 bits per heavy atom. The van der Waals surface area contributed by atoms with E-state index < -0.39 is 55.6 Å². The number of phosphoric acid groups is 1. The maximum atomic E-state index is 12.7. The first-order valence-electron chi connectivity index (χ1n) is 9.70. The lowest BCUT2D eigenvalue weighted by Crippen LogP contribution is -2.50. The van der Waals surface area contributed by atoms with Crippen LogP contribution in [0.1, 0.15) is 43.9 Å². The molecule has 0 bridgehead atoms. The van der Waals surface area contributed by atoms with Gasteiger partial charge < -0.3 is 24.8 Å². The van der Waals surface area contributed by atoms with Crippen molar-refractivity contribution in [2.75, 3.05) is 33.7 Å².